The lowest BCUT2D eigenvalue weighted by Gasteiger charge is -2.20. The van der Waals surface area contributed by atoms with Crippen molar-refractivity contribution in [3.8, 4) is 0 Å². The Bertz CT molecular complexity index is 884. The first kappa shape index (κ1) is 41.9. The maximum Gasteiger partial charge on any atom is 0.472 e. The number of phosphoric acid groups is 1. The van der Waals surface area contributed by atoms with Crippen molar-refractivity contribution < 1.29 is 47.8 Å². The van der Waals surface area contributed by atoms with Crippen LogP contribution in [0.2, 0.25) is 0 Å². The van der Waals surface area contributed by atoms with E-state index in [4.69, 9.17) is 19.1 Å². The molecule has 0 aliphatic rings. The van der Waals surface area contributed by atoms with Gasteiger partial charge in [0.25, 0.3) is 0 Å². The number of hydrogen-bond donors (Lipinski definition) is 3. The Morgan fingerprint density at radius 2 is 1.25 bits per heavy atom. The normalized spacial score (nSPS) is 14.9. The highest BCUT2D eigenvalue weighted by molar-refractivity contribution is 7.47. The number of ether oxygens (including phenoxy) is 2. The summed E-state index contributed by atoms with van der Waals surface area (Å²) in [6.07, 6.45) is 26.8. The first-order valence-electron chi connectivity index (χ1n) is 16.1. The van der Waals surface area contributed by atoms with Gasteiger partial charge in [0.2, 0.25) is 0 Å². The number of esters is 2. The summed E-state index contributed by atoms with van der Waals surface area (Å²) in [5, 5.41) is 18.2. The highest BCUT2D eigenvalue weighted by Crippen LogP contribution is 2.43. The third kappa shape index (κ3) is 28.7. The highest BCUT2D eigenvalue weighted by Gasteiger charge is 2.27. The fourth-order valence-electron chi connectivity index (χ4n) is 3.82. The van der Waals surface area contributed by atoms with Gasteiger partial charge in [0.1, 0.15) is 12.7 Å². The Kier molecular flexibility index (Phi) is 28.2. The number of unbranched alkanes of at least 4 members (excludes halogenated alkanes) is 10. The molecule has 0 aromatic heterocycles. The predicted molar refractivity (Wildman–Crippen MR) is 173 cm³/mol. The van der Waals surface area contributed by atoms with Crippen molar-refractivity contribution >= 4 is 19.8 Å². The average molecular weight is 645 g/mol. The van der Waals surface area contributed by atoms with Crippen LogP contribution in [0.3, 0.4) is 0 Å². The van der Waals surface area contributed by atoms with E-state index < -0.39 is 51.8 Å². The molecule has 0 aromatic carbocycles. The minimum Gasteiger partial charge on any atom is -0.462 e. The van der Waals surface area contributed by atoms with E-state index in [9.17, 15) is 24.2 Å². The minimum absolute atomic E-state index is 0.137. The second kappa shape index (κ2) is 29.6. The van der Waals surface area contributed by atoms with Crippen LogP contribution in [0, 0.1) is 0 Å². The molecule has 0 saturated carbocycles. The van der Waals surface area contributed by atoms with Crippen molar-refractivity contribution in [2.24, 2.45) is 0 Å². The van der Waals surface area contributed by atoms with Crippen molar-refractivity contribution in [2.75, 3.05) is 26.4 Å². The standard InChI is InChI=1S/C33H57O10P/c1-3-5-7-9-11-13-14-15-16-17-19-21-23-25-33(37)43-31(29-42-44(38,39)41-27-30(35)26-34)28-40-32(36)24-22-20-18-12-10-8-6-4-2/h5,7,9,11,13-16,30-31,34-35H,3-4,6,8,10,12,17-29H2,1-2H3,(H,38,39)/b7-5+,11-9+,14-13+,16-15+/t30-,31?/m0/s1. The fourth-order valence-corrected chi connectivity index (χ4v) is 4.61. The number of phosphoric ester groups is 1. The van der Waals surface area contributed by atoms with Gasteiger partial charge < -0.3 is 24.6 Å². The summed E-state index contributed by atoms with van der Waals surface area (Å²) in [5.74, 6) is -0.983. The van der Waals surface area contributed by atoms with E-state index in [-0.39, 0.29) is 19.4 Å². The van der Waals surface area contributed by atoms with Crippen LogP contribution in [-0.4, -0.2) is 65.7 Å². The minimum atomic E-state index is -4.61. The number of carbonyl (C=O) groups excluding carboxylic acids is 2. The first-order valence-corrected chi connectivity index (χ1v) is 17.6. The average Bonchev–Trinajstić information content (AvgIpc) is 3.00. The zero-order valence-electron chi connectivity index (χ0n) is 26.9. The van der Waals surface area contributed by atoms with Gasteiger partial charge in [-0.05, 0) is 32.1 Å². The summed E-state index contributed by atoms with van der Waals surface area (Å²) in [4.78, 5) is 34.5. The molecular weight excluding hydrogens is 587 g/mol. The van der Waals surface area contributed by atoms with Gasteiger partial charge in [0.15, 0.2) is 6.10 Å². The lowest BCUT2D eigenvalue weighted by molar-refractivity contribution is -0.161. The third-order valence-electron chi connectivity index (χ3n) is 6.34. The molecule has 0 aromatic rings. The van der Waals surface area contributed by atoms with Crippen LogP contribution in [0.15, 0.2) is 48.6 Å². The van der Waals surface area contributed by atoms with Gasteiger partial charge in [-0.25, -0.2) is 4.57 Å². The smallest absolute Gasteiger partial charge is 0.462 e. The largest absolute Gasteiger partial charge is 0.472 e. The fraction of sp³-hybridized carbons (Fsp3) is 0.697. The number of aliphatic hydroxyl groups excluding tert-OH is 2. The van der Waals surface area contributed by atoms with Gasteiger partial charge in [-0.15, -0.1) is 0 Å². The molecule has 3 N–H and O–H groups in total. The van der Waals surface area contributed by atoms with Gasteiger partial charge in [0.05, 0.1) is 19.8 Å². The Morgan fingerprint density at radius 3 is 1.89 bits per heavy atom. The Labute approximate surface area is 264 Å². The highest BCUT2D eigenvalue weighted by atomic mass is 31.2. The zero-order valence-corrected chi connectivity index (χ0v) is 27.7. The van der Waals surface area contributed by atoms with Crippen LogP contribution >= 0.6 is 7.82 Å². The molecule has 3 atom stereocenters. The van der Waals surface area contributed by atoms with Crippen molar-refractivity contribution in [1.82, 2.24) is 0 Å². The lowest BCUT2D eigenvalue weighted by atomic mass is 10.1. The van der Waals surface area contributed by atoms with Gasteiger partial charge >= 0.3 is 19.8 Å². The van der Waals surface area contributed by atoms with Gasteiger partial charge in [-0.2, -0.15) is 0 Å². The number of rotatable bonds is 29. The van der Waals surface area contributed by atoms with Crippen molar-refractivity contribution in [2.45, 2.75) is 122 Å². The molecule has 254 valence electrons. The molecule has 2 unspecified atom stereocenters. The zero-order chi connectivity index (χ0) is 32.7. The molecule has 0 spiro atoms. The van der Waals surface area contributed by atoms with E-state index in [0.29, 0.717) is 12.8 Å². The second-order valence-electron chi connectivity index (χ2n) is 10.5. The van der Waals surface area contributed by atoms with Crippen LogP contribution in [0.1, 0.15) is 110 Å². The Morgan fingerprint density at radius 1 is 0.705 bits per heavy atom. The van der Waals surface area contributed by atoms with E-state index in [1.54, 1.807) is 0 Å². The number of aliphatic hydroxyl groups is 2. The SMILES string of the molecule is CC/C=C/C=C/C=C/C=C/CCCCCC(=O)OC(COC(=O)CCCCCCCCCC)COP(=O)(O)OC[C@@H](O)CO. The summed E-state index contributed by atoms with van der Waals surface area (Å²) < 4.78 is 32.3. The number of carbonyl (C=O) groups is 2. The van der Waals surface area contributed by atoms with Crippen LogP contribution in [0.5, 0.6) is 0 Å². The van der Waals surface area contributed by atoms with E-state index in [2.05, 4.69) is 30.5 Å². The molecule has 0 fully saturated rings. The second-order valence-corrected chi connectivity index (χ2v) is 12.0. The quantitative estimate of drug-likeness (QED) is 0.0335. The summed E-state index contributed by atoms with van der Waals surface area (Å²) >= 11 is 0. The van der Waals surface area contributed by atoms with Crippen LogP contribution < -0.4 is 0 Å². The first-order chi connectivity index (χ1) is 21.2. The van der Waals surface area contributed by atoms with Gasteiger partial charge in [-0.1, -0.05) is 114 Å². The maximum atomic E-state index is 12.4. The van der Waals surface area contributed by atoms with Crippen LogP contribution in [-0.2, 0) is 32.7 Å². The summed E-state index contributed by atoms with van der Waals surface area (Å²) in [7, 11) is -4.61. The summed E-state index contributed by atoms with van der Waals surface area (Å²) in [5.41, 5.74) is 0. The molecule has 0 saturated heterocycles. The third-order valence-corrected chi connectivity index (χ3v) is 7.29. The molecule has 0 heterocycles. The lowest BCUT2D eigenvalue weighted by Crippen LogP contribution is -2.29. The van der Waals surface area contributed by atoms with Gasteiger partial charge in [0, 0.05) is 12.8 Å². The Hall–Kier alpha value is -2.07. The molecule has 0 aliphatic carbocycles. The molecule has 0 amide bonds. The van der Waals surface area contributed by atoms with E-state index in [1.807, 2.05) is 36.5 Å². The molecule has 10 nitrogen and oxygen atoms in total. The van der Waals surface area contributed by atoms with E-state index >= 15 is 0 Å². The van der Waals surface area contributed by atoms with E-state index in [1.165, 1.54) is 25.7 Å². The topological polar surface area (TPSA) is 149 Å². The van der Waals surface area contributed by atoms with Gasteiger partial charge in [-0.3, -0.25) is 18.6 Å². The summed E-state index contributed by atoms with van der Waals surface area (Å²) in [6.45, 7) is 2.10. The molecule has 0 radical (unpaired) electrons. The predicted octanol–water partition coefficient (Wildman–Crippen LogP) is 7.04. The molecule has 0 rings (SSSR count). The Balaban J connectivity index is 4.56. The van der Waals surface area contributed by atoms with Crippen molar-refractivity contribution in [3.63, 3.8) is 0 Å². The van der Waals surface area contributed by atoms with E-state index in [0.717, 1.165) is 44.9 Å². The summed E-state index contributed by atoms with van der Waals surface area (Å²) in [6, 6.07) is 0. The molecule has 0 aliphatic heterocycles. The van der Waals surface area contributed by atoms with Crippen molar-refractivity contribution in [1.29, 1.82) is 0 Å². The molecule has 0 bridgehead atoms. The monoisotopic (exact) mass is 644 g/mol. The molecule has 44 heavy (non-hydrogen) atoms. The maximum absolute atomic E-state index is 12.4. The number of allylic oxidation sites excluding steroid dienone is 8. The van der Waals surface area contributed by atoms with Crippen molar-refractivity contribution in [3.05, 3.63) is 48.6 Å². The molecular formula is C33H57O10P. The van der Waals surface area contributed by atoms with Crippen LogP contribution in [0.4, 0.5) is 0 Å². The van der Waals surface area contributed by atoms with Crippen LogP contribution in [0.25, 0.3) is 0 Å². The number of hydrogen-bond acceptors (Lipinski definition) is 9. The molecule has 11 heteroatoms.